The Kier molecular flexibility index (Phi) is 4.10. The van der Waals surface area contributed by atoms with Gasteiger partial charge in [0.25, 0.3) is 5.91 Å². The largest absolute Gasteiger partial charge is 0.481 e. The summed E-state index contributed by atoms with van der Waals surface area (Å²) >= 11 is 0. The van der Waals surface area contributed by atoms with Crippen LogP contribution in [0.25, 0.3) is 0 Å². The van der Waals surface area contributed by atoms with Crippen LogP contribution in [0.15, 0.2) is 42.6 Å². The summed E-state index contributed by atoms with van der Waals surface area (Å²) in [5.41, 5.74) is 2.16. The van der Waals surface area contributed by atoms with E-state index in [2.05, 4.69) is 10.3 Å². The molecule has 0 spiro atoms. The number of hydrogen-bond acceptors (Lipinski definition) is 3. The highest BCUT2D eigenvalue weighted by Gasteiger charge is 2.12. The number of aromatic nitrogens is 1. The van der Waals surface area contributed by atoms with Gasteiger partial charge in [-0.3, -0.25) is 14.6 Å². The van der Waals surface area contributed by atoms with E-state index < -0.39 is 5.97 Å². The second-order valence-electron chi connectivity index (χ2n) is 4.32. The minimum Gasteiger partial charge on any atom is -0.481 e. The number of rotatable bonds is 4. The lowest BCUT2D eigenvalue weighted by Crippen LogP contribution is -2.16. The first-order valence-electron chi connectivity index (χ1n) is 6.10. The predicted octanol–water partition coefficient (Wildman–Crippen LogP) is 2.27. The van der Waals surface area contributed by atoms with Crippen molar-refractivity contribution >= 4 is 17.6 Å². The van der Waals surface area contributed by atoms with Crippen molar-refractivity contribution < 1.29 is 14.7 Å². The zero-order chi connectivity index (χ0) is 14.5. The lowest BCUT2D eigenvalue weighted by Gasteiger charge is -2.10. The highest BCUT2D eigenvalue weighted by molar-refractivity contribution is 6.05. The van der Waals surface area contributed by atoms with Gasteiger partial charge < -0.3 is 10.4 Å². The Bertz CT molecular complexity index is 653. The van der Waals surface area contributed by atoms with Crippen LogP contribution in [0, 0.1) is 6.92 Å². The van der Waals surface area contributed by atoms with Crippen LogP contribution in [0.5, 0.6) is 0 Å². The Hall–Kier alpha value is -2.69. The molecule has 0 saturated heterocycles. The average Bonchev–Trinajstić information content (AvgIpc) is 2.41. The lowest BCUT2D eigenvalue weighted by atomic mass is 10.1. The standard InChI is InChI=1S/C15H14N2O3/c1-10-12(6-4-8-16-10)15(20)17-13-7-3-2-5-11(13)9-14(18)19/h2-8H,9H2,1H3,(H,17,20)(H,18,19). The molecule has 102 valence electrons. The number of hydrogen-bond donors (Lipinski definition) is 2. The van der Waals surface area contributed by atoms with Gasteiger partial charge in [-0.05, 0) is 30.7 Å². The van der Waals surface area contributed by atoms with Gasteiger partial charge in [0.2, 0.25) is 0 Å². The molecule has 0 aliphatic rings. The summed E-state index contributed by atoms with van der Waals surface area (Å²) in [6.45, 7) is 1.75. The third-order valence-electron chi connectivity index (χ3n) is 2.86. The monoisotopic (exact) mass is 270 g/mol. The van der Waals surface area contributed by atoms with E-state index in [1.165, 1.54) is 0 Å². The number of carboxylic acid groups (broad SMARTS) is 1. The van der Waals surface area contributed by atoms with Crippen molar-refractivity contribution in [1.29, 1.82) is 0 Å². The summed E-state index contributed by atoms with van der Waals surface area (Å²) in [6.07, 6.45) is 1.48. The third kappa shape index (κ3) is 3.20. The Labute approximate surface area is 116 Å². The fraction of sp³-hybridized carbons (Fsp3) is 0.133. The van der Waals surface area contributed by atoms with Gasteiger partial charge >= 0.3 is 5.97 Å². The number of pyridine rings is 1. The number of carbonyl (C=O) groups is 2. The number of aryl methyl sites for hydroxylation is 1. The summed E-state index contributed by atoms with van der Waals surface area (Å²) in [5.74, 6) is -1.24. The molecule has 0 fully saturated rings. The third-order valence-corrected chi connectivity index (χ3v) is 2.86. The number of para-hydroxylation sites is 1. The number of carbonyl (C=O) groups excluding carboxylic acids is 1. The Morgan fingerprint density at radius 3 is 2.65 bits per heavy atom. The minimum atomic E-state index is -0.941. The number of anilines is 1. The summed E-state index contributed by atoms with van der Waals surface area (Å²) < 4.78 is 0. The maximum atomic E-state index is 12.2. The normalized spacial score (nSPS) is 10.1. The molecule has 0 atom stereocenters. The van der Waals surface area contributed by atoms with E-state index in [0.717, 1.165) is 0 Å². The molecule has 0 aliphatic heterocycles. The summed E-state index contributed by atoms with van der Waals surface area (Å²) in [4.78, 5) is 27.0. The second kappa shape index (κ2) is 5.97. The zero-order valence-electron chi connectivity index (χ0n) is 11.0. The van der Waals surface area contributed by atoms with Crippen LogP contribution < -0.4 is 5.32 Å². The van der Waals surface area contributed by atoms with E-state index in [1.54, 1.807) is 49.5 Å². The molecule has 5 heteroatoms. The molecule has 1 heterocycles. The maximum Gasteiger partial charge on any atom is 0.307 e. The maximum absolute atomic E-state index is 12.2. The minimum absolute atomic E-state index is 0.136. The summed E-state index contributed by atoms with van der Waals surface area (Å²) in [6, 6.07) is 10.2. The number of carboxylic acids is 1. The zero-order valence-corrected chi connectivity index (χ0v) is 11.0. The van der Waals surface area contributed by atoms with Crippen LogP contribution in [0.3, 0.4) is 0 Å². The molecule has 1 aromatic carbocycles. The van der Waals surface area contributed by atoms with E-state index in [9.17, 15) is 9.59 Å². The van der Waals surface area contributed by atoms with Crippen molar-refractivity contribution in [1.82, 2.24) is 4.98 Å². The SMILES string of the molecule is Cc1ncccc1C(=O)Nc1ccccc1CC(=O)O. The number of benzene rings is 1. The molecule has 0 aliphatic carbocycles. The van der Waals surface area contributed by atoms with Gasteiger partial charge in [-0.25, -0.2) is 0 Å². The molecular weight excluding hydrogens is 256 g/mol. The molecule has 0 saturated carbocycles. The molecule has 5 nitrogen and oxygen atoms in total. The summed E-state index contributed by atoms with van der Waals surface area (Å²) in [7, 11) is 0. The molecule has 2 rings (SSSR count). The first kappa shape index (κ1) is 13.7. The van der Waals surface area contributed by atoms with Crippen molar-refractivity contribution in [2.24, 2.45) is 0 Å². The van der Waals surface area contributed by atoms with E-state index >= 15 is 0 Å². The number of aliphatic carboxylic acids is 1. The molecule has 0 radical (unpaired) electrons. The molecule has 0 bridgehead atoms. The van der Waals surface area contributed by atoms with Gasteiger partial charge in [0, 0.05) is 17.6 Å². The van der Waals surface area contributed by atoms with Crippen LogP contribution in [0.4, 0.5) is 5.69 Å². The van der Waals surface area contributed by atoms with Crippen molar-refractivity contribution in [3.63, 3.8) is 0 Å². The van der Waals surface area contributed by atoms with E-state index in [1.807, 2.05) is 0 Å². The van der Waals surface area contributed by atoms with Crippen molar-refractivity contribution in [2.45, 2.75) is 13.3 Å². The van der Waals surface area contributed by atoms with Crippen LogP contribution in [0.1, 0.15) is 21.6 Å². The van der Waals surface area contributed by atoms with Crippen LogP contribution in [0.2, 0.25) is 0 Å². The van der Waals surface area contributed by atoms with Crippen molar-refractivity contribution in [3.8, 4) is 0 Å². The molecule has 1 amide bonds. The predicted molar refractivity (Wildman–Crippen MR) is 74.7 cm³/mol. The van der Waals surface area contributed by atoms with Crippen LogP contribution in [-0.2, 0) is 11.2 Å². The van der Waals surface area contributed by atoms with E-state index in [-0.39, 0.29) is 12.3 Å². The van der Waals surface area contributed by atoms with E-state index in [0.29, 0.717) is 22.5 Å². The quantitative estimate of drug-likeness (QED) is 0.893. The van der Waals surface area contributed by atoms with Crippen LogP contribution >= 0.6 is 0 Å². The number of nitrogens with zero attached hydrogens (tertiary/aromatic N) is 1. The molecule has 20 heavy (non-hydrogen) atoms. The molecule has 0 unspecified atom stereocenters. The van der Waals surface area contributed by atoms with Gasteiger partial charge in [0.15, 0.2) is 0 Å². The van der Waals surface area contributed by atoms with Gasteiger partial charge in [-0.1, -0.05) is 18.2 Å². The molecule has 2 aromatic rings. The fourth-order valence-corrected chi connectivity index (χ4v) is 1.87. The fourth-order valence-electron chi connectivity index (χ4n) is 1.87. The van der Waals surface area contributed by atoms with Crippen molar-refractivity contribution in [3.05, 3.63) is 59.4 Å². The van der Waals surface area contributed by atoms with Gasteiger partial charge in [0.05, 0.1) is 12.0 Å². The second-order valence-corrected chi connectivity index (χ2v) is 4.32. The van der Waals surface area contributed by atoms with Gasteiger partial charge in [0.1, 0.15) is 0 Å². The van der Waals surface area contributed by atoms with Gasteiger partial charge in [-0.2, -0.15) is 0 Å². The highest BCUT2D eigenvalue weighted by Crippen LogP contribution is 2.17. The smallest absolute Gasteiger partial charge is 0.307 e. The molecule has 2 N–H and O–H groups in total. The first-order chi connectivity index (χ1) is 9.58. The van der Waals surface area contributed by atoms with Gasteiger partial charge in [-0.15, -0.1) is 0 Å². The average molecular weight is 270 g/mol. The lowest BCUT2D eigenvalue weighted by molar-refractivity contribution is -0.136. The highest BCUT2D eigenvalue weighted by atomic mass is 16.4. The number of nitrogens with one attached hydrogen (secondary N) is 1. The van der Waals surface area contributed by atoms with E-state index in [4.69, 9.17) is 5.11 Å². The van der Waals surface area contributed by atoms with Crippen LogP contribution in [-0.4, -0.2) is 22.0 Å². The molecule has 1 aromatic heterocycles. The Morgan fingerprint density at radius 2 is 1.95 bits per heavy atom. The van der Waals surface area contributed by atoms with Crippen molar-refractivity contribution in [2.75, 3.05) is 5.32 Å². The molecular formula is C15H14N2O3. The number of amides is 1. The Balaban J connectivity index is 2.24. The Morgan fingerprint density at radius 1 is 1.20 bits per heavy atom. The topological polar surface area (TPSA) is 79.3 Å². The summed E-state index contributed by atoms with van der Waals surface area (Å²) in [5, 5.41) is 11.6. The first-order valence-corrected chi connectivity index (χ1v) is 6.10.